The van der Waals surface area contributed by atoms with Gasteiger partial charge < -0.3 is 16.0 Å². The van der Waals surface area contributed by atoms with Crippen LogP contribution >= 0.6 is 11.3 Å². The van der Waals surface area contributed by atoms with E-state index in [4.69, 9.17) is 0 Å². The first-order valence-corrected chi connectivity index (χ1v) is 10.5. The largest absolute Gasteiger partial charge is 0.343 e. The number of benzene rings is 2. The molecule has 29 heavy (non-hydrogen) atoms. The van der Waals surface area contributed by atoms with E-state index in [0.717, 1.165) is 23.3 Å². The number of carbonyl (C=O) groups is 2. The van der Waals surface area contributed by atoms with Crippen LogP contribution in [0.1, 0.15) is 35.4 Å². The fraction of sp³-hybridized carbons (Fsp3) is 0.217. The maximum absolute atomic E-state index is 12.5. The van der Waals surface area contributed by atoms with Crippen LogP contribution in [0, 0.1) is 0 Å². The molecule has 0 fully saturated rings. The lowest BCUT2D eigenvalue weighted by Gasteiger charge is -2.19. The van der Waals surface area contributed by atoms with E-state index >= 15 is 0 Å². The Balaban J connectivity index is 1.60. The van der Waals surface area contributed by atoms with Crippen molar-refractivity contribution < 1.29 is 9.59 Å². The fourth-order valence-electron chi connectivity index (χ4n) is 3.01. The van der Waals surface area contributed by atoms with Crippen LogP contribution < -0.4 is 16.0 Å². The highest BCUT2D eigenvalue weighted by molar-refractivity contribution is 7.10. The molecule has 6 heteroatoms. The molecule has 3 N–H and O–H groups in total. The van der Waals surface area contributed by atoms with E-state index in [2.05, 4.69) is 47.1 Å². The maximum Gasteiger partial charge on any atom is 0.319 e. The van der Waals surface area contributed by atoms with E-state index in [0.29, 0.717) is 5.69 Å². The van der Waals surface area contributed by atoms with E-state index in [1.807, 2.05) is 35.7 Å². The molecule has 2 aromatic carbocycles. The minimum Gasteiger partial charge on any atom is -0.343 e. The van der Waals surface area contributed by atoms with E-state index in [9.17, 15) is 9.59 Å². The summed E-state index contributed by atoms with van der Waals surface area (Å²) < 4.78 is 0. The van der Waals surface area contributed by atoms with Crippen LogP contribution in [0.25, 0.3) is 0 Å². The summed E-state index contributed by atoms with van der Waals surface area (Å²) in [4.78, 5) is 25.6. The molecule has 3 rings (SSSR count). The molecule has 0 aliphatic carbocycles. The Kier molecular flexibility index (Phi) is 7.41. The van der Waals surface area contributed by atoms with Gasteiger partial charge in [0.1, 0.15) is 0 Å². The average Bonchev–Trinajstić information content (AvgIpc) is 3.27. The van der Waals surface area contributed by atoms with Crippen LogP contribution in [0.2, 0.25) is 0 Å². The van der Waals surface area contributed by atoms with Crippen LogP contribution in [-0.2, 0) is 11.2 Å². The molecular weight excluding hydrogens is 382 g/mol. The summed E-state index contributed by atoms with van der Waals surface area (Å²) in [6.45, 7) is 2.05. The molecule has 150 valence electrons. The predicted molar refractivity (Wildman–Crippen MR) is 118 cm³/mol. The molecule has 5 nitrogen and oxygen atoms in total. The number of para-hydroxylation sites is 1. The van der Waals surface area contributed by atoms with E-state index in [-0.39, 0.29) is 18.5 Å². The maximum atomic E-state index is 12.5. The van der Waals surface area contributed by atoms with Gasteiger partial charge in [-0.2, -0.15) is 0 Å². The Morgan fingerprint density at radius 3 is 2.38 bits per heavy atom. The first-order chi connectivity index (χ1) is 14.2. The SMILES string of the molecule is CCCc1ccc([C@@H](NC(=O)CNC(=O)Nc2ccccc2)c2cccs2)cc1. The van der Waals surface area contributed by atoms with Crippen molar-refractivity contribution in [2.75, 3.05) is 11.9 Å². The Morgan fingerprint density at radius 2 is 1.72 bits per heavy atom. The molecule has 0 saturated heterocycles. The lowest BCUT2D eigenvalue weighted by molar-refractivity contribution is -0.120. The summed E-state index contributed by atoms with van der Waals surface area (Å²) in [5, 5.41) is 10.3. The third-order valence-electron chi connectivity index (χ3n) is 4.43. The zero-order valence-electron chi connectivity index (χ0n) is 16.4. The van der Waals surface area contributed by atoms with Crippen LogP contribution in [0.5, 0.6) is 0 Å². The van der Waals surface area contributed by atoms with Crippen molar-refractivity contribution in [1.82, 2.24) is 10.6 Å². The lowest BCUT2D eigenvalue weighted by atomic mass is 10.0. The molecular formula is C23H25N3O2S. The minimum absolute atomic E-state index is 0.103. The standard InChI is InChI=1S/C23H25N3O2S/c1-2-7-17-11-13-18(14-12-17)22(20-10-6-15-29-20)26-21(27)16-24-23(28)25-19-8-4-3-5-9-19/h3-6,8-15,22H,2,7,16H2,1H3,(H,26,27)(H2,24,25,28)/t22-/m1/s1. The Bertz CT molecular complexity index is 909. The van der Waals surface area contributed by atoms with Crippen molar-refractivity contribution in [3.8, 4) is 0 Å². The molecule has 0 radical (unpaired) electrons. The van der Waals surface area contributed by atoms with Crippen LogP contribution in [0.3, 0.4) is 0 Å². The van der Waals surface area contributed by atoms with E-state index in [1.165, 1.54) is 5.56 Å². The van der Waals surface area contributed by atoms with Gasteiger partial charge in [0.25, 0.3) is 0 Å². The minimum atomic E-state index is -0.414. The molecule has 1 heterocycles. The van der Waals surface area contributed by atoms with Crippen LogP contribution in [-0.4, -0.2) is 18.5 Å². The van der Waals surface area contributed by atoms with Gasteiger partial charge in [0, 0.05) is 10.6 Å². The molecule has 1 aromatic heterocycles. The first kappa shape index (κ1) is 20.6. The van der Waals surface area contributed by atoms with Gasteiger partial charge in [-0.25, -0.2) is 4.79 Å². The highest BCUT2D eigenvalue weighted by Gasteiger charge is 2.18. The van der Waals surface area contributed by atoms with Crippen LogP contribution in [0.4, 0.5) is 10.5 Å². The number of rotatable bonds is 8. The van der Waals surface area contributed by atoms with Gasteiger partial charge in [0.15, 0.2) is 0 Å². The molecule has 0 unspecified atom stereocenters. The molecule has 3 aromatic rings. The zero-order valence-corrected chi connectivity index (χ0v) is 17.2. The summed E-state index contributed by atoms with van der Waals surface area (Å²) >= 11 is 1.59. The van der Waals surface area contributed by atoms with Gasteiger partial charge in [-0.1, -0.05) is 61.9 Å². The van der Waals surface area contributed by atoms with Gasteiger partial charge in [-0.3, -0.25) is 4.79 Å². The van der Waals surface area contributed by atoms with Crippen molar-refractivity contribution in [3.05, 3.63) is 88.1 Å². The van der Waals surface area contributed by atoms with Gasteiger partial charge in [0.2, 0.25) is 5.91 Å². The molecule has 1 atom stereocenters. The smallest absolute Gasteiger partial charge is 0.319 e. The molecule has 0 saturated carbocycles. The number of anilines is 1. The second-order valence-electron chi connectivity index (χ2n) is 6.68. The number of hydrogen-bond acceptors (Lipinski definition) is 3. The van der Waals surface area contributed by atoms with Crippen molar-refractivity contribution >= 4 is 29.0 Å². The van der Waals surface area contributed by atoms with Crippen molar-refractivity contribution in [3.63, 3.8) is 0 Å². The van der Waals surface area contributed by atoms with Gasteiger partial charge in [-0.15, -0.1) is 11.3 Å². The zero-order chi connectivity index (χ0) is 20.5. The van der Waals surface area contributed by atoms with Gasteiger partial charge in [-0.05, 0) is 41.1 Å². The number of amides is 3. The number of thiophene rings is 1. The highest BCUT2D eigenvalue weighted by atomic mass is 32.1. The normalized spacial score (nSPS) is 11.5. The van der Waals surface area contributed by atoms with Crippen molar-refractivity contribution in [2.24, 2.45) is 0 Å². The van der Waals surface area contributed by atoms with Gasteiger partial charge in [0.05, 0.1) is 12.6 Å². The van der Waals surface area contributed by atoms with Crippen molar-refractivity contribution in [1.29, 1.82) is 0 Å². The topological polar surface area (TPSA) is 70.2 Å². The summed E-state index contributed by atoms with van der Waals surface area (Å²) in [6, 6.07) is 20.8. The number of hydrogen-bond donors (Lipinski definition) is 3. The summed E-state index contributed by atoms with van der Waals surface area (Å²) in [6.07, 6.45) is 2.14. The Hall–Kier alpha value is -3.12. The fourth-order valence-corrected chi connectivity index (χ4v) is 3.81. The molecule has 0 spiro atoms. The first-order valence-electron chi connectivity index (χ1n) is 9.67. The molecule has 3 amide bonds. The molecule has 0 aliphatic rings. The summed E-state index contributed by atoms with van der Waals surface area (Å²) in [5.41, 5.74) is 2.98. The summed E-state index contributed by atoms with van der Waals surface area (Å²) in [5.74, 6) is -0.246. The number of carbonyl (C=O) groups excluding carboxylic acids is 2. The van der Waals surface area contributed by atoms with Crippen molar-refractivity contribution in [2.45, 2.75) is 25.8 Å². The second-order valence-corrected chi connectivity index (χ2v) is 7.66. The van der Waals surface area contributed by atoms with Crippen LogP contribution in [0.15, 0.2) is 72.1 Å². The Morgan fingerprint density at radius 1 is 0.966 bits per heavy atom. The quantitative estimate of drug-likeness (QED) is 0.505. The average molecular weight is 408 g/mol. The second kappa shape index (κ2) is 10.4. The third kappa shape index (κ3) is 6.19. The molecule has 0 aliphatic heterocycles. The number of nitrogens with one attached hydrogen (secondary N) is 3. The van der Waals surface area contributed by atoms with E-state index in [1.54, 1.807) is 23.5 Å². The Labute approximate surface area is 175 Å². The highest BCUT2D eigenvalue weighted by Crippen LogP contribution is 2.26. The molecule has 0 bridgehead atoms. The lowest BCUT2D eigenvalue weighted by Crippen LogP contribution is -2.40. The monoisotopic (exact) mass is 407 g/mol. The van der Waals surface area contributed by atoms with E-state index < -0.39 is 6.03 Å². The summed E-state index contributed by atoms with van der Waals surface area (Å²) in [7, 11) is 0. The third-order valence-corrected chi connectivity index (χ3v) is 5.36. The number of aryl methyl sites for hydroxylation is 1. The van der Waals surface area contributed by atoms with Gasteiger partial charge >= 0.3 is 6.03 Å². The predicted octanol–water partition coefficient (Wildman–Crippen LogP) is 4.73. The number of urea groups is 1.